The number of aromatic nitrogens is 3. The highest BCUT2D eigenvalue weighted by Crippen LogP contribution is 2.12. The van der Waals surface area contributed by atoms with Crippen molar-refractivity contribution in [1.29, 1.82) is 0 Å². The van der Waals surface area contributed by atoms with E-state index in [0.717, 1.165) is 10.0 Å². The first kappa shape index (κ1) is 12.8. The Hall–Kier alpha value is -1.69. The maximum atomic E-state index is 11.4. The fourth-order valence-electron chi connectivity index (χ4n) is 1.46. The molecule has 0 spiro atoms. The predicted octanol–water partition coefficient (Wildman–Crippen LogP) is 2.33. The Kier molecular flexibility index (Phi) is 4.09. The van der Waals surface area contributed by atoms with E-state index >= 15 is 0 Å². The van der Waals surface area contributed by atoms with Crippen LogP contribution in [-0.4, -0.2) is 27.8 Å². The molecule has 1 heterocycles. The van der Waals surface area contributed by atoms with Crippen LogP contribution in [0.5, 0.6) is 0 Å². The number of nitrogens with zero attached hydrogens (tertiary/aromatic N) is 2. The van der Waals surface area contributed by atoms with Crippen LogP contribution in [0.1, 0.15) is 28.9 Å². The molecule has 1 aromatic heterocycles. The van der Waals surface area contributed by atoms with Gasteiger partial charge in [-0.25, -0.2) is 9.78 Å². The van der Waals surface area contributed by atoms with Crippen LogP contribution in [-0.2, 0) is 11.2 Å². The van der Waals surface area contributed by atoms with E-state index in [1.165, 1.54) is 0 Å². The molecule has 0 saturated heterocycles. The van der Waals surface area contributed by atoms with Crippen molar-refractivity contribution in [3.8, 4) is 0 Å². The van der Waals surface area contributed by atoms with Crippen molar-refractivity contribution in [1.82, 2.24) is 15.2 Å². The van der Waals surface area contributed by atoms with Crippen LogP contribution in [0.25, 0.3) is 0 Å². The summed E-state index contributed by atoms with van der Waals surface area (Å²) in [5, 5.41) is 6.56. The smallest absolute Gasteiger partial charge is 0.378 e. The minimum absolute atomic E-state index is 0.0731. The van der Waals surface area contributed by atoms with Gasteiger partial charge >= 0.3 is 5.97 Å². The number of hydrogen-bond acceptors (Lipinski definition) is 4. The zero-order valence-corrected chi connectivity index (χ0v) is 11.4. The Morgan fingerprint density at radius 3 is 2.78 bits per heavy atom. The second-order valence-electron chi connectivity index (χ2n) is 3.63. The van der Waals surface area contributed by atoms with Gasteiger partial charge in [-0.05, 0) is 24.6 Å². The number of aromatic amines is 1. The third-order valence-corrected chi connectivity index (χ3v) is 2.80. The lowest BCUT2D eigenvalue weighted by Crippen LogP contribution is -2.06. The SMILES string of the molecule is CCOC(=O)c1n[nH]c(Cc2ccc(Br)cc2)n1. The Bertz CT molecular complexity index is 537. The Balaban J connectivity index is 2.06. The van der Waals surface area contributed by atoms with E-state index in [9.17, 15) is 4.79 Å². The number of nitrogens with one attached hydrogen (secondary N) is 1. The molecule has 2 rings (SSSR count). The number of ether oxygens (including phenoxy) is 1. The largest absolute Gasteiger partial charge is 0.460 e. The second kappa shape index (κ2) is 5.77. The first-order chi connectivity index (χ1) is 8.69. The number of carbonyl (C=O) groups excluding carboxylic acids is 1. The van der Waals surface area contributed by atoms with Gasteiger partial charge in [-0.15, -0.1) is 5.10 Å². The van der Waals surface area contributed by atoms with E-state index in [1.807, 2.05) is 24.3 Å². The molecule has 0 aliphatic carbocycles. The van der Waals surface area contributed by atoms with Gasteiger partial charge in [0, 0.05) is 10.9 Å². The van der Waals surface area contributed by atoms with Crippen LogP contribution in [0.3, 0.4) is 0 Å². The quantitative estimate of drug-likeness (QED) is 0.880. The summed E-state index contributed by atoms with van der Waals surface area (Å²) in [5.74, 6) is 0.208. The second-order valence-corrected chi connectivity index (χ2v) is 4.55. The third kappa shape index (κ3) is 3.16. The fourth-order valence-corrected chi connectivity index (χ4v) is 1.72. The van der Waals surface area contributed by atoms with Crippen LogP contribution >= 0.6 is 15.9 Å². The minimum Gasteiger partial charge on any atom is -0.460 e. The lowest BCUT2D eigenvalue weighted by atomic mass is 10.1. The van der Waals surface area contributed by atoms with Crippen molar-refractivity contribution in [2.45, 2.75) is 13.3 Å². The Morgan fingerprint density at radius 1 is 1.39 bits per heavy atom. The monoisotopic (exact) mass is 309 g/mol. The van der Waals surface area contributed by atoms with Crippen molar-refractivity contribution < 1.29 is 9.53 Å². The van der Waals surface area contributed by atoms with Crippen LogP contribution in [0.15, 0.2) is 28.7 Å². The summed E-state index contributed by atoms with van der Waals surface area (Å²) in [6, 6.07) is 7.88. The summed E-state index contributed by atoms with van der Waals surface area (Å²) in [6.45, 7) is 2.06. The van der Waals surface area contributed by atoms with Crippen molar-refractivity contribution in [2.75, 3.05) is 6.61 Å². The third-order valence-electron chi connectivity index (χ3n) is 2.27. The van der Waals surface area contributed by atoms with E-state index in [2.05, 4.69) is 31.1 Å². The molecule has 0 bridgehead atoms. The molecule has 0 atom stereocenters. The van der Waals surface area contributed by atoms with Gasteiger partial charge in [0.1, 0.15) is 5.82 Å². The highest BCUT2D eigenvalue weighted by Gasteiger charge is 2.13. The normalized spacial score (nSPS) is 10.3. The summed E-state index contributed by atoms with van der Waals surface area (Å²) in [6.07, 6.45) is 0.597. The fraction of sp³-hybridized carbons (Fsp3) is 0.250. The van der Waals surface area contributed by atoms with Crippen LogP contribution in [0.2, 0.25) is 0 Å². The molecule has 0 saturated carbocycles. The number of benzene rings is 1. The molecule has 0 aliphatic rings. The summed E-state index contributed by atoms with van der Waals surface area (Å²) >= 11 is 3.37. The highest BCUT2D eigenvalue weighted by molar-refractivity contribution is 9.10. The van der Waals surface area contributed by atoms with Crippen LogP contribution in [0, 0.1) is 0 Å². The highest BCUT2D eigenvalue weighted by atomic mass is 79.9. The summed E-state index contributed by atoms with van der Waals surface area (Å²) < 4.78 is 5.84. The van der Waals surface area contributed by atoms with Gasteiger partial charge in [0.2, 0.25) is 0 Å². The molecule has 6 heteroatoms. The molecule has 2 aromatic rings. The number of rotatable bonds is 4. The van der Waals surface area contributed by atoms with Gasteiger partial charge in [-0.2, -0.15) is 0 Å². The zero-order valence-electron chi connectivity index (χ0n) is 9.81. The number of carbonyl (C=O) groups is 1. The molecule has 1 aromatic carbocycles. The minimum atomic E-state index is -0.504. The van der Waals surface area contributed by atoms with Crippen LogP contribution in [0.4, 0.5) is 0 Å². The Labute approximate surface area is 113 Å². The summed E-state index contributed by atoms with van der Waals surface area (Å²) in [7, 11) is 0. The summed E-state index contributed by atoms with van der Waals surface area (Å²) in [5.41, 5.74) is 1.09. The molecule has 94 valence electrons. The molecular formula is C12H12BrN3O2. The first-order valence-electron chi connectivity index (χ1n) is 5.52. The van der Waals surface area contributed by atoms with Crippen molar-refractivity contribution in [3.63, 3.8) is 0 Å². The predicted molar refractivity (Wildman–Crippen MR) is 69.3 cm³/mol. The average Bonchev–Trinajstić information content (AvgIpc) is 2.81. The maximum absolute atomic E-state index is 11.4. The first-order valence-corrected chi connectivity index (χ1v) is 6.31. The number of esters is 1. The topological polar surface area (TPSA) is 67.9 Å². The molecule has 0 amide bonds. The van der Waals surface area contributed by atoms with Gasteiger partial charge in [0.25, 0.3) is 5.82 Å². The molecule has 5 nitrogen and oxygen atoms in total. The Morgan fingerprint density at radius 2 is 2.11 bits per heavy atom. The lowest BCUT2D eigenvalue weighted by Gasteiger charge is -1.97. The van der Waals surface area contributed by atoms with Gasteiger partial charge < -0.3 is 4.74 Å². The van der Waals surface area contributed by atoms with Gasteiger partial charge in [0.05, 0.1) is 6.61 Å². The van der Waals surface area contributed by atoms with E-state index in [4.69, 9.17) is 4.74 Å². The van der Waals surface area contributed by atoms with Crippen LogP contribution < -0.4 is 0 Å². The molecule has 18 heavy (non-hydrogen) atoms. The van der Waals surface area contributed by atoms with E-state index < -0.39 is 5.97 Å². The maximum Gasteiger partial charge on any atom is 0.378 e. The number of halogens is 1. The van der Waals surface area contributed by atoms with Gasteiger partial charge in [-0.1, -0.05) is 28.1 Å². The van der Waals surface area contributed by atoms with Crippen molar-refractivity contribution >= 4 is 21.9 Å². The molecular weight excluding hydrogens is 298 g/mol. The molecule has 0 aliphatic heterocycles. The van der Waals surface area contributed by atoms with Gasteiger partial charge in [0.15, 0.2) is 0 Å². The van der Waals surface area contributed by atoms with Crippen molar-refractivity contribution in [2.24, 2.45) is 0 Å². The molecule has 0 fully saturated rings. The lowest BCUT2D eigenvalue weighted by molar-refractivity contribution is 0.0512. The zero-order chi connectivity index (χ0) is 13.0. The molecule has 0 radical (unpaired) electrons. The number of hydrogen-bond donors (Lipinski definition) is 1. The molecule has 0 unspecified atom stereocenters. The average molecular weight is 310 g/mol. The van der Waals surface area contributed by atoms with E-state index in [1.54, 1.807) is 6.92 Å². The molecule has 1 N–H and O–H groups in total. The van der Waals surface area contributed by atoms with Crippen molar-refractivity contribution in [3.05, 3.63) is 46.0 Å². The van der Waals surface area contributed by atoms with E-state index in [0.29, 0.717) is 18.9 Å². The summed E-state index contributed by atoms with van der Waals surface area (Å²) in [4.78, 5) is 15.5. The number of H-pyrrole nitrogens is 1. The standard InChI is InChI=1S/C12H12BrN3O2/c1-2-18-12(17)11-14-10(15-16-11)7-8-3-5-9(13)6-4-8/h3-6H,2,7H2,1H3,(H,14,15,16). The van der Waals surface area contributed by atoms with Gasteiger partial charge in [-0.3, -0.25) is 5.10 Å². The van der Waals surface area contributed by atoms with E-state index in [-0.39, 0.29) is 5.82 Å².